The molecule has 1 N–H and O–H groups in total. The Labute approximate surface area is 187 Å². The molecule has 0 aliphatic carbocycles. The summed E-state index contributed by atoms with van der Waals surface area (Å²) in [4.78, 5) is 31.4. The van der Waals surface area contributed by atoms with Gasteiger partial charge in [0.2, 0.25) is 11.8 Å². The van der Waals surface area contributed by atoms with E-state index >= 15 is 0 Å². The quantitative estimate of drug-likeness (QED) is 0.689. The predicted octanol–water partition coefficient (Wildman–Crippen LogP) is 2.73. The molecule has 2 saturated heterocycles. The Hall–Kier alpha value is -2.13. The van der Waals surface area contributed by atoms with Crippen molar-refractivity contribution in [3.8, 4) is 0 Å². The van der Waals surface area contributed by atoms with Crippen molar-refractivity contribution in [1.82, 2.24) is 20.0 Å². The summed E-state index contributed by atoms with van der Waals surface area (Å²) in [5.74, 6) is 0.0784. The molecule has 1 aromatic rings. The van der Waals surface area contributed by atoms with Gasteiger partial charge in [-0.1, -0.05) is 12.1 Å². The molecule has 2 aliphatic rings. The fourth-order valence-electron chi connectivity index (χ4n) is 4.88. The van der Waals surface area contributed by atoms with Crippen LogP contribution in [0.4, 0.5) is 13.2 Å². The van der Waals surface area contributed by atoms with E-state index in [1.54, 1.807) is 0 Å². The van der Waals surface area contributed by atoms with E-state index in [4.69, 9.17) is 0 Å². The molecule has 3 unspecified atom stereocenters. The largest absolute Gasteiger partial charge is 0.416 e. The molecule has 0 saturated carbocycles. The van der Waals surface area contributed by atoms with Crippen molar-refractivity contribution in [2.24, 2.45) is 0 Å². The highest BCUT2D eigenvalue weighted by Gasteiger charge is 2.45. The van der Waals surface area contributed by atoms with Gasteiger partial charge in [0.1, 0.15) is 6.04 Å². The molecule has 3 rings (SSSR count). The normalized spacial score (nSPS) is 24.7. The molecule has 2 heterocycles. The van der Waals surface area contributed by atoms with Crippen molar-refractivity contribution in [2.75, 3.05) is 33.2 Å². The van der Waals surface area contributed by atoms with Gasteiger partial charge in [0, 0.05) is 51.2 Å². The van der Waals surface area contributed by atoms with Crippen LogP contribution in [0.5, 0.6) is 0 Å². The van der Waals surface area contributed by atoms with Gasteiger partial charge in [-0.05, 0) is 51.4 Å². The molecule has 3 atom stereocenters. The Balaban J connectivity index is 1.65. The molecule has 2 fully saturated rings. The van der Waals surface area contributed by atoms with E-state index in [0.717, 1.165) is 24.1 Å². The predicted molar refractivity (Wildman–Crippen MR) is 116 cm³/mol. The third kappa shape index (κ3) is 5.43. The van der Waals surface area contributed by atoms with E-state index < -0.39 is 11.7 Å². The topological polar surface area (TPSA) is 55.9 Å². The van der Waals surface area contributed by atoms with Gasteiger partial charge >= 0.3 is 6.18 Å². The lowest BCUT2D eigenvalue weighted by Crippen LogP contribution is -2.49. The molecule has 9 heteroatoms. The SMILES string of the molecule is CCN(CC)C(=O)CCC1CNC(=O)C2C(CCN2Cc2ccc(C(F)(F)F)cc2)N1C. The van der Waals surface area contributed by atoms with E-state index in [0.29, 0.717) is 45.6 Å². The summed E-state index contributed by atoms with van der Waals surface area (Å²) in [6.07, 6.45) is -2.44. The monoisotopic (exact) mass is 454 g/mol. The molecule has 0 bridgehead atoms. The van der Waals surface area contributed by atoms with Gasteiger partial charge in [0.05, 0.1) is 5.56 Å². The van der Waals surface area contributed by atoms with Gasteiger partial charge in [-0.25, -0.2) is 0 Å². The smallest absolute Gasteiger partial charge is 0.353 e. The van der Waals surface area contributed by atoms with E-state index in [1.807, 2.05) is 30.7 Å². The summed E-state index contributed by atoms with van der Waals surface area (Å²) < 4.78 is 38.5. The van der Waals surface area contributed by atoms with Crippen LogP contribution >= 0.6 is 0 Å². The number of benzene rings is 1. The van der Waals surface area contributed by atoms with Crippen molar-refractivity contribution in [3.63, 3.8) is 0 Å². The zero-order valence-corrected chi connectivity index (χ0v) is 19.0. The molecule has 32 heavy (non-hydrogen) atoms. The van der Waals surface area contributed by atoms with Gasteiger partial charge in [0.15, 0.2) is 0 Å². The van der Waals surface area contributed by atoms with Crippen LogP contribution < -0.4 is 5.32 Å². The first kappa shape index (κ1) is 24.5. The number of likely N-dealkylation sites (N-methyl/N-ethyl adjacent to an activating group) is 1. The van der Waals surface area contributed by atoms with Crippen LogP contribution in [-0.2, 0) is 22.3 Å². The first-order valence-electron chi connectivity index (χ1n) is 11.3. The van der Waals surface area contributed by atoms with Crippen molar-refractivity contribution in [2.45, 2.75) is 64.0 Å². The summed E-state index contributed by atoms with van der Waals surface area (Å²) in [6.45, 7) is 6.92. The lowest BCUT2D eigenvalue weighted by molar-refractivity contribution is -0.137. The molecule has 2 aliphatic heterocycles. The summed E-state index contributed by atoms with van der Waals surface area (Å²) in [6, 6.07) is 4.87. The summed E-state index contributed by atoms with van der Waals surface area (Å²) in [5.41, 5.74) is 0.0781. The molecule has 2 amide bonds. The summed E-state index contributed by atoms with van der Waals surface area (Å²) in [5, 5.41) is 3.03. The third-order valence-electron chi connectivity index (χ3n) is 6.82. The van der Waals surface area contributed by atoms with E-state index in [9.17, 15) is 22.8 Å². The molecule has 1 aromatic carbocycles. The Morgan fingerprint density at radius 3 is 2.44 bits per heavy atom. The number of alkyl halides is 3. The second kappa shape index (κ2) is 10.2. The number of nitrogens with zero attached hydrogens (tertiary/aromatic N) is 3. The molecule has 0 radical (unpaired) electrons. The summed E-state index contributed by atoms with van der Waals surface area (Å²) >= 11 is 0. The highest BCUT2D eigenvalue weighted by molar-refractivity contribution is 5.83. The maximum atomic E-state index is 12.9. The number of amides is 2. The van der Waals surface area contributed by atoms with Gasteiger partial charge in [0.25, 0.3) is 0 Å². The minimum absolute atomic E-state index is 0.0144. The Kier molecular flexibility index (Phi) is 7.82. The fourth-order valence-corrected chi connectivity index (χ4v) is 4.88. The first-order chi connectivity index (χ1) is 15.2. The van der Waals surface area contributed by atoms with Crippen LogP contribution in [0.3, 0.4) is 0 Å². The van der Waals surface area contributed by atoms with Crippen LogP contribution in [-0.4, -0.2) is 77.9 Å². The van der Waals surface area contributed by atoms with Crippen molar-refractivity contribution in [3.05, 3.63) is 35.4 Å². The highest BCUT2D eigenvalue weighted by Crippen LogP contribution is 2.31. The van der Waals surface area contributed by atoms with Crippen LogP contribution in [0.1, 0.15) is 44.2 Å². The maximum Gasteiger partial charge on any atom is 0.416 e. The number of likely N-dealkylation sites (tertiary alicyclic amines) is 1. The number of halogens is 3. The molecular formula is C23H33F3N4O2. The average molecular weight is 455 g/mol. The lowest BCUT2D eigenvalue weighted by Gasteiger charge is -2.33. The second-order valence-electron chi connectivity index (χ2n) is 8.64. The van der Waals surface area contributed by atoms with Crippen LogP contribution in [0.25, 0.3) is 0 Å². The highest BCUT2D eigenvalue weighted by atomic mass is 19.4. The molecule has 6 nitrogen and oxygen atoms in total. The zero-order valence-electron chi connectivity index (χ0n) is 19.0. The molecule has 178 valence electrons. The molecule has 0 spiro atoms. The number of fused-ring (bicyclic) bond motifs is 1. The average Bonchev–Trinajstić information content (AvgIpc) is 3.12. The third-order valence-corrected chi connectivity index (χ3v) is 6.82. The first-order valence-corrected chi connectivity index (χ1v) is 11.3. The fraction of sp³-hybridized carbons (Fsp3) is 0.652. The van der Waals surface area contributed by atoms with E-state index in [-0.39, 0.29) is 29.9 Å². The number of carbonyl (C=O) groups excluding carboxylic acids is 2. The van der Waals surface area contributed by atoms with Crippen LogP contribution in [0, 0.1) is 0 Å². The van der Waals surface area contributed by atoms with Crippen molar-refractivity contribution < 1.29 is 22.8 Å². The molecular weight excluding hydrogens is 421 g/mol. The second-order valence-corrected chi connectivity index (χ2v) is 8.64. The lowest BCUT2D eigenvalue weighted by atomic mass is 10.0. The van der Waals surface area contributed by atoms with Crippen molar-refractivity contribution >= 4 is 11.8 Å². The molecule has 0 aromatic heterocycles. The Morgan fingerprint density at radius 2 is 1.84 bits per heavy atom. The Bertz CT molecular complexity index is 795. The van der Waals surface area contributed by atoms with Gasteiger partial charge < -0.3 is 10.2 Å². The van der Waals surface area contributed by atoms with Gasteiger partial charge in [-0.3, -0.25) is 19.4 Å². The number of hydrogen-bond donors (Lipinski definition) is 1. The van der Waals surface area contributed by atoms with Gasteiger partial charge in [-0.2, -0.15) is 13.2 Å². The van der Waals surface area contributed by atoms with Gasteiger partial charge in [-0.15, -0.1) is 0 Å². The summed E-state index contributed by atoms with van der Waals surface area (Å²) in [7, 11) is 2.01. The number of rotatable bonds is 7. The standard InChI is InChI=1S/C23H33F3N4O2/c1-4-29(5-2)20(31)11-10-18-14-27-22(32)21-19(28(18)3)12-13-30(21)15-16-6-8-17(9-7-16)23(24,25)26/h6-9,18-19,21H,4-5,10-15H2,1-3H3,(H,27,32). The Morgan fingerprint density at radius 1 is 1.19 bits per heavy atom. The number of hydrogen-bond acceptors (Lipinski definition) is 4. The van der Waals surface area contributed by atoms with E-state index in [1.165, 1.54) is 12.1 Å². The minimum atomic E-state index is -4.36. The number of nitrogens with one attached hydrogen (secondary N) is 1. The minimum Gasteiger partial charge on any atom is -0.353 e. The van der Waals surface area contributed by atoms with E-state index in [2.05, 4.69) is 10.2 Å². The van der Waals surface area contributed by atoms with Crippen molar-refractivity contribution in [1.29, 1.82) is 0 Å². The number of carbonyl (C=O) groups is 2. The van der Waals surface area contributed by atoms with Crippen LogP contribution in [0.2, 0.25) is 0 Å². The zero-order chi connectivity index (χ0) is 23.5. The van der Waals surface area contributed by atoms with Crippen LogP contribution in [0.15, 0.2) is 24.3 Å². The maximum absolute atomic E-state index is 12.9.